The summed E-state index contributed by atoms with van der Waals surface area (Å²) in [5, 5.41) is 8.24. The van der Waals surface area contributed by atoms with Crippen molar-refractivity contribution < 1.29 is 4.79 Å². The molecule has 6 heteroatoms. The first kappa shape index (κ1) is 17.0. The molecule has 1 aliphatic rings. The van der Waals surface area contributed by atoms with Crippen LogP contribution >= 0.6 is 15.9 Å². The van der Waals surface area contributed by atoms with Gasteiger partial charge in [0.1, 0.15) is 0 Å². The van der Waals surface area contributed by atoms with E-state index < -0.39 is 0 Å². The molecule has 1 saturated heterocycles. The van der Waals surface area contributed by atoms with Gasteiger partial charge >= 0.3 is 0 Å². The molecule has 0 spiro atoms. The van der Waals surface area contributed by atoms with Gasteiger partial charge in [-0.25, -0.2) is 4.68 Å². The molecule has 1 amide bonds. The van der Waals surface area contributed by atoms with Crippen LogP contribution in [0.1, 0.15) is 40.5 Å². The summed E-state index contributed by atoms with van der Waals surface area (Å²) in [6.07, 6.45) is 3.72. The van der Waals surface area contributed by atoms with Crippen LogP contribution in [0.2, 0.25) is 0 Å². The highest BCUT2D eigenvalue weighted by Gasteiger charge is 2.31. The number of benzene rings is 2. The second-order valence-electron chi connectivity index (χ2n) is 6.50. The minimum absolute atomic E-state index is 0.0465. The number of carbonyl (C=O) groups excluding carboxylic acids is 1. The largest absolute Gasteiger partial charge is 0.330 e. The number of amides is 1. The number of halogens is 1. The normalized spacial score (nSPS) is 16.8. The smallest absolute Gasteiger partial charge is 0.276 e. The molecule has 0 bridgehead atoms. The van der Waals surface area contributed by atoms with Crippen LogP contribution in [0.4, 0.5) is 0 Å². The summed E-state index contributed by atoms with van der Waals surface area (Å²) < 4.78 is 2.76. The second kappa shape index (κ2) is 7.41. The fourth-order valence-corrected chi connectivity index (χ4v) is 3.70. The second-order valence-corrected chi connectivity index (χ2v) is 7.41. The monoisotopic (exact) mass is 410 g/mol. The molecule has 1 atom stereocenters. The van der Waals surface area contributed by atoms with E-state index in [4.69, 9.17) is 0 Å². The van der Waals surface area contributed by atoms with Crippen molar-refractivity contribution in [3.05, 3.63) is 82.1 Å². The number of nitrogens with zero attached hydrogens (tertiary/aromatic N) is 4. The maximum atomic E-state index is 13.0. The van der Waals surface area contributed by atoms with Crippen molar-refractivity contribution in [1.82, 2.24) is 19.9 Å². The van der Waals surface area contributed by atoms with Gasteiger partial charge in [0.2, 0.25) is 0 Å². The third kappa shape index (κ3) is 3.55. The van der Waals surface area contributed by atoms with Gasteiger partial charge in [-0.3, -0.25) is 4.79 Å². The average Bonchev–Trinajstić information content (AvgIpc) is 3.32. The molecule has 1 fully saturated rings. The summed E-state index contributed by atoms with van der Waals surface area (Å²) >= 11 is 3.46. The summed E-state index contributed by atoms with van der Waals surface area (Å²) in [4.78, 5) is 14.9. The number of carbonyl (C=O) groups is 1. The standard InChI is InChI=1S/C20H19BrN4O/c21-17-10-8-16(9-11-17)19-7-4-12-25(19)20(26)18-14-24(23-22-18)13-15-5-2-1-3-6-15/h1-3,5-6,8-11,14,19H,4,7,12-13H2. The number of hydrogen-bond donors (Lipinski definition) is 0. The van der Waals surface area contributed by atoms with Crippen LogP contribution in [0.3, 0.4) is 0 Å². The Morgan fingerprint density at radius 2 is 1.88 bits per heavy atom. The molecule has 0 radical (unpaired) electrons. The Labute approximate surface area is 160 Å². The lowest BCUT2D eigenvalue weighted by Crippen LogP contribution is -2.30. The quantitative estimate of drug-likeness (QED) is 0.651. The minimum atomic E-state index is -0.0465. The number of aromatic nitrogens is 3. The van der Waals surface area contributed by atoms with Gasteiger partial charge in [-0.2, -0.15) is 0 Å². The fraction of sp³-hybridized carbons (Fsp3) is 0.250. The van der Waals surface area contributed by atoms with Crippen molar-refractivity contribution in [2.45, 2.75) is 25.4 Å². The lowest BCUT2D eigenvalue weighted by Gasteiger charge is -2.24. The van der Waals surface area contributed by atoms with Gasteiger partial charge in [-0.15, -0.1) is 5.10 Å². The van der Waals surface area contributed by atoms with E-state index in [1.54, 1.807) is 10.9 Å². The van der Waals surface area contributed by atoms with Gasteiger partial charge in [-0.1, -0.05) is 63.6 Å². The summed E-state index contributed by atoms with van der Waals surface area (Å²) in [5.41, 5.74) is 2.70. The number of hydrogen-bond acceptors (Lipinski definition) is 3. The van der Waals surface area contributed by atoms with Gasteiger partial charge < -0.3 is 4.90 Å². The summed E-state index contributed by atoms with van der Waals surface area (Å²) in [7, 11) is 0. The summed E-state index contributed by atoms with van der Waals surface area (Å²) in [6.45, 7) is 1.36. The van der Waals surface area contributed by atoms with E-state index in [0.717, 1.165) is 35.0 Å². The third-order valence-electron chi connectivity index (χ3n) is 4.71. The van der Waals surface area contributed by atoms with E-state index >= 15 is 0 Å². The topological polar surface area (TPSA) is 51.0 Å². The molecule has 1 unspecified atom stereocenters. The highest BCUT2D eigenvalue weighted by molar-refractivity contribution is 9.10. The molecule has 0 saturated carbocycles. The fourth-order valence-electron chi connectivity index (χ4n) is 3.43. The molecule has 0 N–H and O–H groups in total. The van der Waals surface area contributed by atoms with Gasteiger partial charge in [0, 0.05) is 11.0 Å². The molecule has 2 aromatic carbocycles. The Bertz CT molecular complexity index is 892. The predicted octanol–water partition coefficient (Wildman–Crippen LogP) is 4.07. The molecule has 132 valence electrons. The number of rotatable bonds is 4. The SMILES string of the molecule is O=C(c1cn(Cc2ccccc2)nn1)N1CCCC1c1ccc(Br)cc1. The van der Waals surface area contributed by atoms with E-state index in [1.807, 2.05) is 47.4 Å². The van der Waals surface area contributed by atoms with Gasteiger partial charge in [-0.05, 0) is 36.1 Å². The van der Waals surface area contributed by atoms with Crippen molar-refractivity contribution in [3.8, 4) is 0 Å². The molecule has 2 heterocycles. The Morgan fingerprint density at radius 3 is 2.65 bits per heavy atom. The Hall–Kier alpha value is -2.47. The molecular weight excluding hydrogens is 392 g/mol. The van der Waals surface area contributed by atoms with Crippen molar-refractivity contribution in [2.24, 2.45) is 0 Å². The highest BCUT2D eigenvalue weighted by atomic mass is 79.9. The zero-order chi connectivity index (χ0) is 17.9. The van der Waals surface area contributed by atoms with Crippen LogP contribution in [0, 0.1) is 0 Å². The van der Waals surface area contributed by atoms with Crippen LogP contribution in [0.25, 0.3) is 0 Å². The molecule has 3 aromatic rings. The van der Waals surface area contributed by atoms with Crippen LogP contribution in [-0.4, -0.2) is 32.3 Å². The van der Waals surface area contributed by atoms with Crippen molar-refractivity contribution in [1.29, 1.82) is 0 Å². The molecule has 26 heavy (non-hydrogen) atoms. The average molecular weight is 411 g/mol. The van der Waals surface area contributed by atoms with Gasteiger partial charge in [0.05, 0.1) is 18.8 Å². The first-order chi connectivity index (χ1) is 12.7. The van der Waals surface area contributed by atoms with Crippen LogP contribution in [-0.2, 0) is 6.54 Å². The molecule has 0 aliphatic carbocycles. The first-order valence-corrected chi connectivity index (χ1v) is 9.50. The molecule has 4 rings (SSSR count). The molecular formula is C20H19BrN4O. The van der Waals surface area contributed by atoms with E-state index in [2.05, 4.69) is 38.4 Å². The Kier molecular flexibility index (Phi) is 4.84. The van der Waals surface area contributed by atoms with Crippen LogP contribution in [0.5, 0.6) is 0 Å². The van der Waals surface area contributed by atoms with E-state index in [0.29, 0.717) is 12.2 Å². The molecule has 1 aliphatic heterocycles. The van der Waals surface area contributed by atoms with Crippen molar-refractivity contribution >= 4 is 21.8 Å². The lowest BCUT2D eigenvalue weighted by atomic mass is 10.0. The van der Waals surface area contributed by atoms with Crippen molar-refractivity contribution in [3.63, 3.8) is 0 Å². The maximum Gasteiger partial charge on any atom is 0.276 e. The zero-order valence-corrected chi connectivity index (χ0v) is 15.8. The maximum absolute atomic E-state index is 13.0. The lowest BCUT2D eigenvalue weighted by molar-refractivity contribution is 0.0729. The predicted molar refractivity (Wildman–Crippen MR) is 103 cm³/mol. The molecule has 1 aromatic heterocycles. The summed E-state index contributed by atoms with van der Waals surface area (Å²) in [5.74, 6) is -0.0465. The Morgan fingerprint density at radius 1 is 1.12 bits per heavy atom. The third-order valence-corrected chi connectivity index (χ3v) is 5.24. The zero-order valence-electron chi connectivity index (χ0n) is 14.3. The van der Waals surface area contributed by atoms with Gasteiger partial charge in [0.15, 0.2) is 5.69 Å². The van der Waals surface area contributed by atoms with E-state index in [9.17, 15) is 4.79 Å². The van der Waals surface area contributed by atoms with Crippen molar-refractivity contribution in [2.75, 3.05) is 6.54 Å². The van der Waals surface area contributed by atoms with Gasteiger partial charge in [0.25, 0.3) is 5.91 Å². The Balaban J connectivity index is 1.51. The minimum Gasteiger partial charge on any atom is -0.330 e. The van der Waals surface area contributed by atoms with Crippen LogP contribution in [0.15, 0.2) is 65.3 Å². The summed E-state index contributed by atoms with van der Waals surface area (Å²) in [6, 6.07) is 18.3. The van der Waals surface area contributed by atoms with Crippen LogP contribution < -0.4 is 0 Å². The van der Waals surface area contributed by atoms with E-state index in [1.165, 1.54) is 0 Å². The van der Waals surface area contributed by atoms with E-state index in [-0.39, 0.29) is 11.9 Å². The highest BCUT2D eigenvalue weighted by Crippen LogP contribution is 2.33. The first-order valence-electron chi connectivity index (χ1n) is 8.71. The molecule has 5 nitrogen and oxygen atoms in total. The number of likely N-dealkylation sites (tertiary alicyclic amines) is 1.